The second-order valence-corrected chi connectivity index (χ2v) is 3.88. The first-order valence-corrected chi connectivity index (χ1v) is 5.42. The smallest absolute Gasteiger partial charge is 0.123 e. The Labute approximate surface area is 95.2 Å². The number of aliphatic hydroxyl groups is 1. The number of hydrogen-bond acceptors (Lipinski definition) is 4. The zero-order valence-corrected chi connectivity index (χ0v) is 9.35. The molecule has 4 nitrogen and oxygen atoms in total. The van der Waals surface area contributed by atoms with E-state index in [1.165, 1.54) is 0 Å². The molecule has 1 aliphatic heterocycles. The Kier molecular flexibility index (Phi) is 3.77. The lowest BCUT2D eigenvalue weighted by Crippen LogP contribution is -2.48. The molecule has 0 aromatic heterocycles. The van der Waals surface area contributed by atoms with Crippen LogP contribution in [-0.4, -0.2) is 38.1 Å². The third-order valence-electron chi connectivity index (χ3n) is 2.77. The molecule has 0 radical (unpaired) electrons. The zero-order valence-electron chi connectivity index (χ0n) is 9.35. The van der Waals surface area contributed by atoms with E-state index in [1.807, 2.05) is 24.3 Å². The Balaban J connectivity index is 2.11. The van der Waals surface area contributed by atoms with E-state index in [4.69, 9.17) is 9.47 Å². The van der Waals surface area contributed by atoms with E-state index in [9.17, 15) is 5.11 Å². The van der Waals surface area contributed by atoms with Crippen molar-refractivity contribution < 1.29 is 14.6 Å². The van der Waals surface area contributed by atoms with Gasteiger partial charge in [0.1, 0.15) is 5.75 Å². The van der Waals surface area contributed by atoms with Crippen molar-refractivity contribution in [2.75, 3.05) is 26.9 Å². The van der Waals surface area contributed by atoms with Gasteiger partial charge in [-0.1, -0.05) is 18.2 Å². The Morgan fingerprint density at radius 3 is 2.81 bits per heavy atom. The molecule has 16 heavy (non-hydrogen) atoms. The van der Waals surface area contributed by atoms with E-state index in [0.29, 0.717) is 19.3 Å². The van der Waals surface area contributed by atoms with Gasteiger partial charge in [0.05, 0.1) is 39.0 Å². The standard InChI is InChI=1S/C12H17NO3/c1-15-12-5-3-2-4-10(12)11(6-14)13-9-7-16-8-9/h2-5,9,11,13-14H,6-8H2,1H3. The van der Waals surface area contributed by atoms with Gasteiger partial charge in [-0.3, -0.25) is 0 Å². The van der Waals surface area contributed by atoms with Crippen LogP contribution < -0.4 is 10.1 Å². The summed E-state index contributed by atoms with van der Waals surface area (Å²) in [6.07, 6.45) is 0. The maximum absolute atomic E-state index is 9.41. The third-order valence-corrected chi connectivity index (χ3v) is 2.77. The molecule has 1 saturated heterocycles. The van der Waals surface area contributed by atoms with Crippen LogP contribution in [0.3, 0.4) is 0 Å². The summed E-state index contributed by atoms with van der Waals surface area (Å²) in [5.41, 5.74) is 0.986. The van der Waals surface area contributed by atoms with Gasteiger partial charge in [-0.15, -0.1) is 0 Å². The van der Waals surface area contributed by atoms with E-state index >= 15 is 0 Å². The highest BCUT2D eigenvalue weighted by Gasteiger charge is 2.23. The average Bonchev–Trinajstić information content (AvgIpc) is 2.28. The summed E-state index contributed by atoms with van der Waals surface area (Å²) in [7, 11) is 1.64. The lowest BCUT2D eigenvalue weighted by molar-refractivity contribution is -0.0133. The monoisotopic (exact) mass is 223 g/mol. The molecule has 1 aliphatic rings. The number of methoxy groups -OCH3 is 1. The summed E-state index contributed by atoms with van der Waals surface area (Å²) >= 11 is 0. The van der Waals surface area contributed by atoms with Crippen LogP contribution in [0.25, 0.3) is 0 Å². The van der Waals surface area contributed by atoms with E-state index < -0.39 is 0 Å². The van der Waals surface area contributed by atoms with Crippen LogP contribution in [-0.2, 0) is 4.74 Å². The first kappa shape index (κ1) is 11.4. The van der Waals surface area contributed by atoms with Gasteiger partial charge >= 0.3 is 0 Å². The number of ether oxygens (including phenoxy) is 2. The van der Waals surface area contributed by atoms with Crippen molar-refractivity contribution in [3.05, 3.63) is 29.8 Å². The van der Waals surface area contributed by atoms with Gasteiger partial charge < -0.3 is 19.9 Å². The van der Waals surface area contributed by atoms with E-state index in [2.05, 4.69) is 5.32 Å². The van der Waals surface area contributed by atoms with E-state index in [0.717, 1.165) is 11.3 Å². The summed E-state index contributed by atoms with van der Waals surface area (Å²) in [4.78, 5) is 0. The fourth-order valence-electron chi connectivity index (χ4n) is 1.81. The molecule has 4 heteroatoms. The molecule has 0 saturated carbocycles. The number of aliphatic hydroxyl groups excluding tert-OH is 1. The van der Waals surface area contributed by atoms with Crippen LogP contribution in [0.5, 0.6) is 5.75 Å². The quantitative estimate of drug-likeness (QED) is 0.772. The summed E-state index contributed by atoms with van der Waals surface area (Å²) in [6.45, 7) is 1.48. The normalized spacial score (nSPS) is 17.9. The van der Waals surface area contributed by atoms with Crippen LogP contribution in [0, 0.1) is 0 Å². The van der Waals surface area contributed by atoms with Crippen LogP contribution in [0.15, 0.2) is 24.3 Å². The lowest BCUT2D eigenvalue weighted by Gasteiger charge is -2.31. The highest BCUT2D eigenvalue weighted by atomic mass is 16.5. The largest absolute Gasteiger partial charge is 0.496 e. The highest BCUT2D eigenvalue weighted by molar-refractivity contribution is 5.36. The topological polar surface area (TPSA) is 50.7 Å². The van der Waals surface area contributed by atoms with E-state index in [-0.39, 0.29) is 12.6 Å². The van der Waals surface area contributed by atoms with Gasteiger partial charge in [-0.2, -0.15) is 0 Å². The lowest BCUT2D eigenvalue weighted by atomic mass is 10.0. The summed E-state index contributed by atoms with van der Waals surface area (Å²) in [6, 6.07) is 7.97. The van der Waals surface area contributed by atoms with Crippen molar-refractivity contribution in [3.63, 3.8) is 0 Å². The van der Waals surface area contributed by atoms with Crippen LogP contribution in [0.2, 0.25) is 0 Å². The molecule has 1 aromatic rings. The minimum atomic E-state index is -0.0925. The Morgan fingerprint density at radius 2 is 2.25 bits per heavy atom. The Morgan fingerprint density at radius 1 is 1.50 bits per heavy atom. The Hall–Kier alpha value is -1.10. The molecule has 1 atom stereocenters. The molecule has 88 valence electrons. The first-order valence-electron chi connectivity index (χ1n) is 5.42. The number of benzene rings is 1. The van der Waals surface area contributed by atoms with Crippen molar-refractivity contribution >= 4 is 0 Å². The maximum atomic E-state index is 9.41. The molecule has 1 fully saturated rings. The van der Waals surface area contributed by atoms with Crippen molar-refractivity contribution in [2.24, 2.45) is 0 Å². The van der Waals surface area contributed by atoms with Crippen molar-refractivity contribution in [2.45, 2.75) is 12.1 Å². The second-order valence-electron chi connectivity index (χ2n) is 3.88. The molecule has 2 N–H and O–H groups in total. The zero-order chi connectivity index (χ0) is 11.4. The number of para-hydroxylation sites is 1. The van der Waals surface area contributed by atoms with Crippen molar-refractivity contribution in [1.82, 2.24) is 5.32 Å². The molecule has 1 unspecified atom stereocenters. The summed E-state index contributed by atoms with van der Waals surface area (Å²) in [5, 5.41) is 12.7. The molecular weight excluding hydrogens is 206 g/mol. The minimum Gasteiger partial charge on any atom is -0.496 e. The molecule has 1 heterocycles. The highest BCUT2D eigenvalue weighted by Crippen LogP contribution is 2.25. The van der Waals surface area contributed by atoms with Gasteiger partial charge in [-0.25, -0.2) is 0 Å². The molecule has 2 rings (SSSR count). The SMILES string of the molecule is COc1ccccc1C(CO)NC1COC1. The molecule has 0 amide bonds. The number of rotatable bonds is 5. The van der Waals surface area contributed by atoms with Crippen molar-refractivity contribution in [3.8, 4) is 5.75 Å². The molecule has 1 aromatic carbocycles. The van der Waals surface area contributed by atoms with Crippen LogP contribution in [0.4, 0.5) is 0 Å². The average molecular weight is 223 g/mol. The van der Waals surface area contributed by atoms with Crippen LogP contribution in [0.1, 0.15) is 11.6 Å². The van der Waals surface area contributed by atoms with Gasteiger partial charge in [0.2, 0.25) is 0 Å². The van der Waals surface area contributed by atoms with Gasteiger partial charge in [0.25, 0.3) is 0 Å². The fraction of sp³-hybridized carbons (Fsp3) is 0.500. The summed E-state index contributed by atoms with van der Waals surface area (Å²) in [5.74, 6) is 0.800. The molecule has 0 spiro atoms. The predicted octanol–water partition coefficient (Wildman–Crippen LogP) is 0.717. The first-order chi connectivity index (χ1) is 7.85. The third kappa shape index (κ3) is 2.35. The summed E-state index contributed by atoms with van der Waals surface area (Å²) < 4.78 is 10.4. The minimum absolute atomic E-state index is 0.0525. The van der Waals surface area contributed by atoms with Crippen LogP contribution >= 0.6 is 0 Å². The number of nitrogens with one attached hydrogen (secondary N) is 1. The van der Waals surface area contributed by atoms with Gasteiger partial charge in [-0.05, 0) is 6.07 Å². The predicted molar refractivity (Wildman–Crippen MR) is 60.6 cm³/mol. The number of hydrogen-bond donors (Lipinski definition) is 2. The maximum Gasteiger partial charge on any atom is 0.123 e. The Bertz CT molecular complexity index is 339. The molecular formula is C12H17NO3. The van der Waals surface area contributed by atoms with E-state index in [1.54, 1.807) is 7.11 Å². The molecule has 0 aliphatic carbocycles. The van der Waals surface area contributed by atoms with Gasteiger partial charge in [0, 0.05) is 5.56 Å². The van der Waals surface area contributed by atoms with Gasteiger partial charge in [0.15, 0.2) is 0 Å². The molecule has 0 bridgehead atoms. The second kappa shape index (κ2) is 5.30. The van der Waals surface area contributed by atoms with Crippen molar-refractivity contribution in [1.29, 1.82) is 0 Å². The fourth-order valence-corrected chi connectivity index (χ4v) is 1.81.